The zero-order chi connectivity index (χ0) is 12.4. The number of nitrogens with one attached hydrogen (secondary N) is 1. The van der Waals surface area contributed by atoms with Crippen LogP contribution in [0.5, 0.6) is 0 Å². The Morgan fingerprint density at radius 2 is 1.94 bits per heavy atom. The molecule has 3 atom stereocenters. The Kier molecular flexibility index (Phi) is 4.22. The summed E-state index contributed by atoms with van der Waals surface area (Å²) in [5.41, 5.74) is 0. The SMILES string of the molecule is CN1CCCC(CNC2CCN3CCCCC23)C1. The fourth-order valence-electron chi connectivity index (χ4n) is 4.24. The predicted octanol–water partition coefficient (Wildman–Crippen LogP) is 1.54. The van der Waals surface area contributed by atoms with E-state index in [1.165, 1.54) is 71.2 Å². The molecule has 0 aromatic heterocycles. The minimum absolute atomic E-state index is 0.789. The van der Waals surface area contributed by atoms with Gasteiger partial charge in [0.1, 0.15) is 0 Å². The maximum Gasteiger partial charge on any atom is 0.0249 e. The highest BCUT2D eigenvalue weighted by molar-refractivity contribution is 4.94. The van der Waals surface area contributed by atoms with E-state index in [2.05, 4.69) is 22.2 Å². The number of rotatable bonds is 3. The summed E-state index contributed by atoms with van der Waals surface area (Å²) in [4.78, 5) is 5.23. The molecular formula is C15H29N3. The van der Waals surface area contributed by atoms with Gasteiger partial charge in [0.05, 0.1) is 0 Å². The number of nitrogens with zero attached hydrogens (tertiary/aromatic N) is 2. The van der Waals surface area contributed by atoms with Gasteiger partial charge in [-0.25, -0.2) is 0 Å². The number of hydrogen-bond donors (Lipinski definition) is 1. The number of likely N-dealkylation sites (tertiary alicyclic amines) is 1. The summed E-state index contributed by atoms with van der Waals surface area (Å²) in [6, 6.07) is 1.65. The first kappa shape index (κ1) is 12.9. The van der Waals surface area contributed by atoms with Crippen molar-refractivity contribution in [3.05, 3.63) is 0 Å². The molecule has 0 bridgehead atoms. The molecule has 3 heteroatoms. The molecule has 104 valence electrons. The molecule has 0 aromatic rings. The van der Waals surface area contributed by atoms with E-state index in [9.17, 15) is 0 Å². The van der Waals surface area contributed by atoms with Gasteiger partial charge in [0.25, 0.3) is 0 Å². The lowest BCUT2D eigenvalue weighted by molar-refractivity contribution is 0.169. The molecule has 0 radical (unpaired) electrons. The van der Waals surface area contributed by atoms with E-state index in [4.69, 9.17) is 0 Å². The molecule has 0 spiro atoms. The summed E-state index contributed by atoms with van der Waals surface area (Å²) < 4.78 is 0. The Hall–Kier alpha value is -0.120. The van der Waals surface area contributed by atoms with Crippen molar-refractivity contribution in [1.29, 1.82) is 0 Å². The Morgan fingerprint density at radius 3 is 2.83 bits per heavy atom. The Bertz CT molecular complexity index is 268. The van der Waals surface area contributed by atoms with Gasteiger partial charge < -0.3 is 10.2 Å². The second kappa shape index (κ2) is 5.89. The fourth-order valence-corrected chi connectivity index (χ4v) is 4.24. The third-order valence-corrected chi connectivity index (χ3v) is 5.25. The predicted molar refractivity (Wildman–Crippen MR) is 75.8 cm³/mol. The summed E-state index contributed by atoms with van der Waals surface area (Å²) >= 11 is 0. The average Bonchev–Trinajstić information content (AvgIpc) is 2.80. The van der Waals surface area contributed by atoms with Crippen molar-refractivity contribution in [2.24, 2.45) is 5.92 Å². The zero-order valence-corrected chi connectivity index (χ0v) is 11.9. The van der Waals surface area contributed by atoms with Crippen LogP contribution in [-0.2, 0) is 0 Å². The quantitative estimate of drug-likeness (QED) is 0.821. The van der Waals surface area contributed by atoms with Crippen LogP contribution in [-0.4, -0.2) is 61.7 Å². The smallest absolute Gasteiger partial charge is 0.0249 e. The molecule has 0 aliphatic carbocycles. The van der Waals surface area contributed by atoms with Crippen LogP contribution in [0.2, 0.25) is 0 Å². The zero-order valence-electron chi connectivity index (χ0n) is 11.9. The molecule has 0 amide bonds. The second-order valence-electron chi connectivity index (χ2n) is 6.67. The number of piperidine rings is 2. The van der Waals surface area contributed by atoms with Crippen LogP contribution in [0.1, 0.15) is 38.5 Å². The van der Waals surface area contributed by atoms with Gasteiger partial charge in [-0.1, -0.05) is 6.42 Å². The largest absolute Gasteiger partial charge is 0.312 e. The van der Waals surface area contributed by atoms with Crippen LogP contribution in [0.15, 0.2) is 0 Å². The van der Waals surface area contributed by atoms with Crippen LogP contribution in [0.25, 0.3) is 0 Å². The van der Waals surface area contributed by atoms with Gasteiger partial charge in [0.2, 0.25) is 0 Å². The standard InChI is InChI=1S/C15H29N3/c1-17-8-4-5-13(12-17)11-16-14-7-10-18-9-3-2-6-15(14)18/h13-16H,2-12H2,1H3. The van der Waals surface area contributed by atoms with Crippen LogP contribution in [0.4, 0.5) is 0 Å². The summed E-state index contributed by atoms with van der Waals surface area (Å²) in [5.74, 6) is 0.890. The van der Waals surface area contributed by atoms with Crippen molar-refractivity contribution in [3.8, 4) is 0 Å². The van der Waals surface area contributed by atoms with Gasteiger partial charge in [0.15, 0.2) is 0 Å². The van der Waals surface area contributed by atoms with Crippen LogP contribution >= 0.6 is 0 Å². The molecule has 1 N–H and O–H groups in total. The van der Waals surface area contributed by atoms with Gasteiger partial charge in [-0.2, -0.15) is 0 Å². The molecule has 3 rings (SSSR count). The third-order valence-electron chi connectivity index (χ3n) is 5.25. The first-order valence-electron chi connectivity index (χ1n) is 7.99. The molecule has 18 heavy (non-hydrogen) atoms. The maximum atomic E-state index is 3.90. The first-order valence-corrected chi connectivity index (χ1v) is 7.99. The molecule has 0 aromatic carbocycles. The van der Waals surface area contributed by atoms with Crippen LogP contribution < -0.4 is 5.32 Å². The molecular weight excluding hydrogens is 222 g/mol. The monoisotopic (exact) mass is 251 g/mol. The van der Waals surface area contributed by atoms with E-state index in [1.807, 2.05) is 0 Å². The molecule has 3 fully saturated rings. The average molecular weight is 251 g/mol. The van der Waals surface area contributed by atoms with Crippen LogP contribution in [0, 0.1) is 5.92 Å². The van der Waals surface area contributed by atoms with Crippen molar-refractivity contribution in [3.63, 3.8) is 0 Å². The van der Waals surface area contributed by atoms with Crippen molar-refractivity contribution < 1.29 is 0 Å². The van der Waals surface area contributed by atoms with E-state index in [0.717, 1.165) is 18.0 Å². The summed E-state index contributed by atoms with van der Waals surface area (Å²) in [6.45, 7) is 6.55. The molecule has 3 aliphatic rings. The van der Waals surface area contributed by atoms with Gasteiger partial charge in [-0.15, -0.1) is 0 Å². The summed E-state index contributed by atoms with van der Waals surface area (Å²) in [7, 11) is 2.27. The molecule has 3 nitrogen and oxygen atoms in total. The Labute approximate surface area is 112 Å². The molecule has 3 saturated heterocycles. The van der Waals surface area contributed by atoms with Crippen molar-refractivity contribution >= 4 is 0 Å². The number of fused-ring (bicyclic) bond motifs is 1. The van der Waals surface area contributed by atoms with Gasteiger partial charge in [-0.05, 0) is 64.7 Å². The van der Waals surface area contributed by atoms with E-state index in [-0.39, 0.29) is 0 Å². The topological polar surface area (TPSA) is 18.5 Å². The van der Waals surface area contributed by atoms with Crippen molar-refractivity contribution in [1.82, 2.24) is 15.1 Å². The van der Waals surface area contributed by atoms with Gasteiger partial charge in [0, 0.05) is 25.2 Å². The van der Waals surface area contributed by atoms with E-state index < -0.39 is 0 Å². The lowest BCUT2D eigenvalue weighted by atomic mass is 9.96. The Balaban J connectivity index is 1.45. The van der Waals surface area contributed by atoms with E-state index >= 15 is 0 Å². The van der Waals surface area contributed by atoms with Crippen molar-refractivity contribution in [2.75, 3.05) is 39.8 Å². The van der Waals surface area contributed by atoms with Gasteiger partial charge in [-0.3, -0.25) is 4.90 Å². The molecule has 3 aliphatic heterocycles. The highest BCUT2D eigenvalue weighted by Crippen LogP contribution is 2.27. The summed E-state index contributed by atoms with van der Waals surface area (Å²) in [5, 5.41) is 3.90. The van der Waals surface area contributed by atoms with Gasteiger partial charge >= 0.3 is 0 Å². The summed E-state index contributed by atoms with van der Waals surface area (Å²) in [6.07, 6.45) is 8.51. The Morgan fingerprint density at radius 1 is 1.00 bits per heavy atom. The highest BCUT2D eigenvalue weighted by atomic mass is 15.2. The first-order chi connectivity index (χ1) is 8.83. The highest BCUT2D eigenvalue weighted by Gasteiger charge is 2.35. The third kappa shape index (κ3) is 2.89. The minimum atomic E-state index is 0.789. The lowest BCUT2D eigenvalue weighted by Gasteiger charge is -2.34. The van der Waals surface area contributed by atoms with Crippen LogP contribution in [0.3, 0.4) is 0 Å². The fraction of sp³-hybridized carbons (Fsp3) is 1.00. The molecule has 3 heterocycles. The lowest BCUT2D eigenvalue weighted by Crippen LogP contribution is -2.47. The molecule has 3 unspecified atom stereocenters. The minimum Gasteiger partial charge on any atom is -0.312 e. The van der Waals surface area contributed by atoms with E-state index in [1.54, 1.807) is 0 Å². The van der Waals surface area contributed by atoms with Crippen molar-refractivity contribution in [2.45, 2.75) is 50.6 Å². The van der Waals surface area contributed by atoms with E-state index in [0.29, 0.717) is 0 Å². The molecule has 0 saturated carbocycles. The second-order valence-corrected chi connectivity index (χ2v) is 6.67. The number of hydrogen-bond acceptors (Lipinski definition) is 3. The maximum absolute atomic E-state index is 3.90. The normalized spacial score (nSPS) is 38.8.